The van der Waals surface area contributed by atoms with Gasteiger partial charge in [0.2, 0.25) is 0 Å². The summed E-state index contributed by atoms with van der Waals surface area (Å²) < 4.78 is 30.3. The van der Waals surface area contributed by atoms with E-state index in [0.29, 0.717) is 0 Å². The lowest BCUT2D eigenvalue weighted by atomic mass is 10.0. The van der Waals surface area contributed by atoms with Gasteiger partial charge >= 0.3 is 6.61 Å². The molecule has 1 aromatic heterocycles. The van der Waals surface area contributed by atoms with E-state index < -0.39 is 6.61 Å². The van der Waals surface area contributed by atoms with E-state index in [1.54, 1.807) is 23.0 Å². The van der Waals surface area contributed by atoms with Gasteiger partial charge in [0.25, 0.3) is 0 Å². The van der Waals surface area contributed by atoms with Crippen LogP contribution in [-0.4, -0.2) is 21.6 Å². The summed E-state index contributed by atoms with van der Waals surface area (Å²) in [5, 5.41) is 7.89. The molecule has 2 aromatic rings. The van der Waals surface area contributed by atoms with Crippen molar-refractivity contribution in [2.75, 3.05) is 0 Å². The zero-order chi connectivity index (χ0) is 15.2. The lowest BCUT2D eigenvalue weighted by Gasteiger charge is -2.17. The Bertz CT molecular complexity index is 558. The Morgan fingerprint density at radius 1 is 1.33 bits per heavy atom. The summed E-state index contributed by atoms with van der Waals surface area (Å²) in [5.41, 5.74) is 4.30. The van der Waals surface area contributed by atoms with Crippen LogP contribution in [0.15, 0.2) is 30.5 Å². The minimum Gasteiger partial charge on any atom is -0.435 e. The summed E-state index contributed by atoms with van der Waals surface area (Å²) >= 11 is 0. The molecule has 0 fully saturated rings. The number of aromatic nitrogens is 3. The molecule has 0 saturated carbocycles. The Morgan fingerprint density at radius 3 is 2.62 bits per heavy atom. The van der Waals surface area contributed by atoms with E-state index in [-0.39, 0.29) is 11.8 Å². The smallest absolute Gasteiger partial charge is 0.387 e. The number of halogens is 2. The third kappa shape index (κ3) is 3.73. The number of ether oxygens (including phenoxy) is 1. The molecule has 0 aliphatic carbocycles. The van der Waals surface area contributed by atoms with Crippen molar-refractivity contribution in [2.24, 2.45) is 5.84 Å². The fourth-order valence-corrected chi connectivity index (χ4v) is 2.07. The van der Waals surface area contributed by atoms with Crippen molar-refractivity contribution < 1.29 is 13.5 Å². The first-order valence-corrected chi connectivity index (χ1v) is 6.55. The van der Waals surface area contributed by atoms with Crippen LogP contribution in [0.1, 0.15) is 30.6 Å². The fraction of sp³-hybridized carbons (Fsp3) is 0.385. The van der Waals surface area contributed by atoms with Gasteiger partial charge in [0, 0.05) is 6.54 Å². The first-order chi connectivity index (χ1) is 10.2. The minimum atomic E-state index is -2.84. The number of hydrogen-bond donors (Lipinski definition) is 2. The van der Waals surface area contributed by atoms with Crippen LogP contribution in [-0.2, 0) is 6.54 Å². The molecule has 0 saturated heterocycles. The van der Waals surface area contributed by atoms with E-state index in [1.807, 2.05) is 6.92 Å². The summed E-state index contributed by atoms with van der Waals surface area (Å²) in [6.45, 7) is -0.0816. The van der Waals surface area contributed by atoms with Crippen molar-refractivity contribution in [3.63, 3.8) is 0 Å². The predicted octanol–water partition coefficient (Wildman–Crippen LogP) is 1.84. The maximum atomic E-state index is 12.1. The van der Waals surface area contributed by atoms with Gasteiger partial charge in [-0.25, -0.2) is 10.1 Å². The molecule has 1 aromatic carbocycles. The monoisotopic (exact) mass is 297 g/mol. The van der Waals surface area contributed by atoms with Crippen molar-refractivity contribution in [3.05, 3.63) is 41.7 Å². The van der Waals surface area contributed by atoms with Crippen molar-refractivity contribution in [1.82, 2.24) is 20.4 Å². The lowest BCUT2D eigenvalue weighted by molar-refractivity contribution is -0.0498. The normalized spacial score (nSPS) is 12.6. The number of nitrogens with one attached hydrogen (secondary N) is 1. The van der Waals surface area contributed by atoms with Crippen molar-refractivity contribution in [2.45, 2.75) is 32.5 Å². The molecule has 0 aliphatic rings. The second kappa shape index (κ2) is 7.09. The summed E-state index contributed by atoms with van der Waals surface area (Å²) in [5.74, 6) is 5.71. The Labute approximate surface area is 120 Å². The Hall–Kier alpha value is -2.06. The van der Waals surface area contributed by atoms with E-state index in [4.69, 9.17) is 5.84 Å². The van der Waals surface area contributed by atoms with Gasteiger partial charge in [0.1, 0.15) is 5.75 Å². The van der Waals surface area contributed by atoms with Crippen LogP contribution >= 0.6 is 0 Å². The van der Waals surface area contributed by atoms with Crippen molar-refractivity contribution in [1.29, 1.82) is 0 Å². The van der Waals surface area contributed by atoms with E-state index in [2.05, 4.69) is 20.5 Å². The van der Waals surface area contributed by atoms with Crippen LogP contribution < -0.4 is 16.0 Å². The Kier molecular flexibility index (Phi) is 5.18. The van der Waals surface area contributed by atoms with Gasteiger partial charge in [0.05, 0.1) is 17.9 Å². The van der Waals surface area contributed by atoms with Gasteiger partial charge in [-0.2, -0.15) is 8.78 Å². The number of alkyl halides is 2. The highest BCUT2D eigenvalue weighted by Crippen LogP contribution is 2.23. The summed E-state index contributed by atoms with van der Waals surface area (Å²) in [4.78, 5) is 0. The predicted molar refractivity (Wildman–Crippen MR) is 72.6 cm³/mol. The fourth-order valence-electron chi connectivity index (χ4n) is 2.07. The zero-order valence-electron chi connectivity index (χ0n) is 11.5. The van der Waals surface area contributed by atoms with Crippen LogP contribution in [0.3, 0.4) is 0 Å². The molecule has 0 radical (unpaired) electrons. The standard InChI is InChI=1S/C13H17F2N5O/c1-2-7-20-11(8-17-19-20)12(18-16)9-3-5-10(6-4-9)21-13(14)15/h3-6,8,12-13,18H,2,7,16H2,1H3. The molecule has 1 heterocycles. The number of rotatable bonds is 7. The molecule has 114 valence electrons. The van der Waals surface area contributed by atoms with Crippen molar-refractivity contribution >= 4 is 0 Å². The molecule has 8 heteroatoms. The third-order valence-electron chi connectivity index (χ3n) is 2.98. The maximum absolute atomic E-state index is 12.1. The minimum absolute atomic E-state index is 0.102. The number of aryl methyl sites for hydroxylation is 1. The molecule has 6 nitrogen and oxygen atoms in total. The highest BCUT2D eigenvalue weighted by molar-refractivity contribution is 5.32. The molecule has 1 atom stereocenters. The molecule has 21 heavy (non-hydrogen) atoms. The molecular weight excluding hydrogens is 280 g/mol. The quantitative estimate of drug-likeness (QED) is 0.602. The van der Waals surface area contributed by atoms with E-state index in [9.17, 15) is 8.78 Å². The lowest BCUT2D eigenvalue weighted by Crippen LogP contribution is -2.30. The van der Waals surface area contributed by atoms with Crippen LogP contribution in [0.25, 0.3) is 0 Å². The van der Waals surface area contributed by atoms with Gasteiger partial charge < -0.3 is 4.74 Å². The zero-order valence-corrected chi connectivity index (χ0v) is 11.5. The van der Waals surface area contributed by atoms with Crippen molar-refractivity contribution in [3.8, 4) is 5.75 Å². The molecule has 2 rings (SSSR count). The van der Waals surface area contributed by atoms with Crippen LogP contribution in [0.4, 0.5) is 8.78 Å². The highest BCUT2D eigenvalue weighted by Gasteiger charge is 2.18. The van der Waals surface area contributed by atoms with E-state index in [1.165, 1.54) is 12.1 Å². The second-order valence-corrected chi connectivity index (χ2v) is 4.43. The number of hydrazine groups is 1. The highest BCUT2D eigenvalue weighted by atomic mass is 19.3. The molecule has 0 amide bonds. The van der Waals surface area contributed by atoms with E-state index >= 15 is 0 Å². The molecular formula is C13H17F2N5O. The number of hydrogen-bond acceptors (Lipinski definition) is 5. The Balaban J connectivity index is 2.22. The van der Waals surface area contributed by atoms with Gasteiger partial charge in [-0.15, -0.1) is 5.10 Å². The topological polar surface area (TPSA) is 78.0 Å². The van der Waals surface area contributed by atoms with Gasteiger partial charge in [0.15, 0.2) is 0 Å². The van der Waals surface area contributed by atoms with Gasteiger partial charge in [-0.05, 0) is 24.1 Å². The Morgan fingerprint density at radius 2 is 2.05 bits per heavy atom. The average Bonchev–Trinajstić information content (AvgIpc) is 2.90. The largest absolute Gasteiger partial charge is 0.435 e. The molecule has 1 unspecified atom stereocenters. The molecule has 0 bridgehead atoms. The second-order valence-electron chi connectivity index (χ2n) is 4.43. The summed E-state index contributed by atoms with van der Waals surface area (Å²) in [6.07, 6.45) is 2.54. The summed E-state index contributed by atoms with van der Waals surface area (Å²) in [6, 6.07) is 5.96. The van der Waals surface area contributed by atoms with Gasteiger partial charge in [-0.3, -0.25) is 5.84 Å². The number of nitrogens with zero attached hydrogens (tertiary/aromatic N) is 3. The first-order valence-electron chi connectivity index (χ1n) is 6.55. The van der Waals surface area contributed by atoms with E-state index in [0.717, 1.165) is 24.2 Å². The van der Waals surface area contributed by atoms with Gasteiger partial charge in [-0.1, -0.05) is 24.3 Å². The SMILES string of the molecule is CCCn1nncc1C(NN)c1ccc(OC(F)F)cc1. The molecule has 0 aliphatic heterocycles. The number of nitrogens with two attached hydrogens (primary N) is 1. The molecule has 3 N–H and O–H groups in total. The number of benzene rings is 1. The third-order valence-corrected chi connectivity index (χ3v) is 2.98. The van der Waals surface area contributed by atoms with Crippen LogP contribution in [0.5, 0.6) is 5.75 Å². The summed E-state index contributed by atoms with van der Waals surface area (Å²) in [7, 11) is 0. The average molecular weight is 297 g/mol. The van der Waals surface area contributed by atoms with Crippen LogP contribution in [0.2, 0.25) is 0 Å². The van der Waals surface area contributed by atoms with Crippen LogP contribution in [0, 0.1) is 0 Å². The first kappa shape index (κ1) is 15.3. The maximum Gasteiger partial charge on any atom is 0.387 e. The molecule has 0 spiro atoms.